The largest absolute Gasteiger partial charge is 0.337 e. The zero-order valence-electron chi connectivity index (χ0n) is 13.9. The topological polar surface area (TPSA) is 23.6 Å². The lowest BCUT2D eigenvalue weighted by Gasteiger charge is -2.35. The van der Waals surface area contributed by atoms with Gasteiger partial charge < -0.3 is 4.90 Å². The van der Waals surface area contributed by atoms with E-state index >= 15 is 0 Å². The minimum absolute atomic E-state index is 0.147. The molecule has 5 heteroatoms. The molecule has 3 nitrogen and oxygen atoms in total. The second-order valence-electron chi connectivity index (χ2n) is 6.63. The average molecular weight is 397 g/mol. The molecule has 1 amide bonds. The molecule has 3 atom stereocenters. The number of carbonyl (C=O) groups is 1. The molecule has 1 aliphatic carbocycles. The molecule has 1 aromatic carbocycles. The van der Waals surface area contributed by atoms with Gasteiger partial charge in [-0.05, 0) is 69.3 Å². The van der Waals surface area contributed by atoms with Crippen molar-refractivity contribution in [3.63, 3.8) is 0 Å². The monoisotopic (exact) mass is 396 g/mol. The molecule has 1 saturated carbocycles. The minimum Gasteiger partial charge on any atom is -0.337 e. The van der Waals surface area contributed by atoms with Crippen LogP contribution in [0.2, 0.25) is 0 Å². The second-order valence-corrected chi connectivity index (χ2v) is 8.68. The van der Waals surface area contributed by atoms with Crippen molar-refractivity contribution in [2.75, 3.05) is 26.4 Å². The number of nitrogens with zero attached hydrogens (tertiary/aromatic N) is 2. The molecule has 23 heavy (non-hydrogen) atoms. The minimum atomic E-state index is 0.147. The molecule has 0 aromatic heterocycles. The van der Waals surface area contributed by atoms with Gasteiger partial charge in [-0.25, -0.2) is 0 Å². The van der Waals surface area contributed by atoms with Crippen LogP contribution in [0.1, 0.15) is 36.0 Å². The predicted molar refractivity (Wildman–Crippen MR) is 101 cm³/mol. The average Bonchev–Trinajstić information content (AvgIpc) is 3.23. The van der Waals surface area contributed by atoms with E-state index in [0.717, 1.165) is 16.5 Å². The number of likely N-dealkylation sites (tertiary alicyclic amines) is 1. The Kier molecular flexibility index (Phi) is 5.70. The van der Waals surface area contributed by atoms with E-state index in [4.69, 9.17) is 0 Å². The summed E-state index contributed by atoms with van der Waals surface area (Å²) in [6.45, 7) is 2.39. The number of benzene rings is 1. The van der Waals surface area contributed by atoms with Crippen LogP contribution in [0.5, 0.6) is 0 Å². The number of halogens is 1. The van der Waals surface area contributed by atoms with Gasteiger partial charge in [-0.15, -0.1) is 0 Å². The Balaban J connectivity index is 1.76. The van der Waals surface area contributed by atoms with Crippen molar-refractivity contribution in [1.29, 1.82) is 0 Å². The van der Waals surface area contributed by atoms with Gasteiger partial charge in [-0.2, -0.15) is 11.8 Å². The third-order valence-electron chi connectivity index (χ3n) is 5.30. The standard InChI is InChI=1S/C18H25BrN2OS/c1-20(18(22)13-5-7-14(19)8-6-13)16-11-15(23-2)12-17(16)21-9-3-4-10-21/h5-8,15-17H,3-4,9-12H2,1-2H3. The van der Waals surface area contributed by atoms with Crippen molar-refractivity contribution in [3.05, 3.63) is 34.3 Å². The third-order valence-corrected chi connectivity index (χ3v) is 6.89. The quantitative estimate of drug-likeness (QED) is 0.771. The van der Waals surface area contributed by atoms with Gasteiger partial charge in [0.1, 0.15) is 0 Å². The van der Waals surface area contributed by atoms with E-state index in [-0.39, 0.29) is 5.91 Å². The van der Waals surface area contributed by atoms with E-state index in [0.29, 0.717) is 17.3 Å². The Morgan fingerprint density at radius 2 is 1.87 bits per heavy atom. The highest BCUT2D eigenvalue weighted by Gasteiger charge is 2.41. The van der Waals surface area contributed by atoms with Crippen molar-refractivity contribution in [2.45, 2.75) is 43.0 Å². The Labute approximate surface area is 151 Å². The summed E-state index contributed by atoms with van der Waals surface area (Å²) in [6, 6.07) is 8.57. The molecular weight excluding hydrogens is 372 g/mol. The van der Waals surface area contributed by atoms with E-state index in [1.54, 1.807) is 0 Å². The number of hydrogen-bond acceptors (Lipinski definition) is 3. The molecule has 1 aromatic rings. The predicted octanol–water partition coefficient (Wildman–Crippen LogP) is 3.88. The van der Waals surface area contributed by atoms with Crippen LogP contribution in [-0.2, 0) is 0 Å². The summed E-state index contributed by atoms with van der Waals surface area (Å²) in [7, 11) is 1.99. The summed E-state index contributed by atoms with van der Waals surface area (Å²) in [4.78, 5) is 17.5. The van der Waals surface area contributed by atoms with Crippen LogP contribution in [0.25, 0.3) is 0 Å². The van der Waals surface area contributed by atoms with E-state index in [9.17, 15) is 4.79 Å². The van der Waals surface area contributed by atoms with E-state index < -0.39 is 0 Å². The summed E-state index contributed by atoms with van der Waals surface area (Å²) < 4.78 is 1.01. The number of thioether (sulfide) groups is 1. The van der Waals surface area contributed by atoms with Crippen molar-refractivity contribution in [2.24, 2.45) is 0 Å². The van der Waals surface area contributed by atoms with Crippen molar-refractivity contribution < 1.29 is 4.79 Å². The number of hydrogen-bond donors (Lipinski definition) is 0. The number of carbonyl (C=O) groups excluding carboxylic acids is 1. The van der Waals surface area contributed by atoms with Crippen molar-refractivity contribution >= 4 is 33.6 Å². The zero-order valence-corrected chi connectivity index (χ0v) is 16.3. The lowest BCUT2D eigenvalue weighted by atomic mass is 10.1. The summed E-state index contributed by atoms with van der Waals surface area (Å²) in [5, 5.41) is 0.672. The van der Waals surface area contributed by atoms with E-state index in [1.807, 2.05) is 48.0 Å². The van der Waals surface area contributed by atoms with Gasteiger partial charge in [0.2, 0.25) is 0 Å². The fourth-order valence-corrected chi connectivity index (χ4v) is 5.01. The highest BCUT2D eigenvalue weighted by atomic mass is 79.9. The molecule has 1 heterocycles. The first kappa shape index (κ1) is 17.3. The maximum Gasteiger partial charge on any atom is 0.253 e. The van der Waals surface area contributed by atoms with Gasteiger partial charge in [0.15, 0.2) is 0 Å². The molecule has 0 bridgehead atoms. The first-order chi connectivity index (χ1) is 11.1. The van der Waals surface area contributed by atoms with Gasteiger partial charge in [0.25, 0.3) is 5.91 Å². The molecule has 0 radical (unpaired) electrons. The summed E-state index contributed by atoms with van der Waals surface area (Å²) in [5.41, 5.74) is 0.781. The smallest absolute Gasteiger partial charge is 0.253 e. The summed E-state index contributed by atoms with van der Waals surface area (Å²) in [5.74, 6) is 0.147. The van der Waals surface area contributed by atoms with E-state index in [2.05, 4.69) is 27.1 Å². The Morgan fingerprint density at radius 3 is 2.48 bits per heavy atom. The fourth-order valence-electron chi connectivity index (χ4n) is 3.97. The Hall–Kier alpha value is -0.520. The lowest BCUT2D eigenvalue weighted by molar-refractivity contribution is 0.0646. The van der Waals surface area contributed by atoms with Crippen LogP contribution in [-0.4, -0.2) is 59.4 Å². The Morgan fingerprint density at radius 1 is 1.22 bits per heavy atom. The van der Waals surface area contributed by atoms with Gasteiger partial charge in [-0.1, -0.05) is 15.9 Å². The van der Waals surface area contributed by atoms with Crippen LogP contribution in [0, 0.1) is 0 Å². The van der Waals surface area contributed by atoms with Gasteiger partial charge in [0.05, 0.1) is 0 Å². The lowest BCUT2D eigenvalue weighted by Crippen LogP contribution is -2.48. The van der Waals surface area contributed by atoms with Crippen LogP contribution in [0.15, 0.2) is 28.7 Å². The first-order valence-corrected chi connectivity index (χ1v) is 10.5. The SMILES string of the molecule is CSC1CC(N2CCCC2)C(N(C)C(=O)c2ccc(Br)cc2)C1. The highest BCUT2D eigenvalue weighted by Crippen LogP contribution is 2.36. The van der Waals surface area contributed by atoms with Gasteiger partial charge in [-0.3, -0.25) is 9.69 Å². The molecule has 0 N–H and O–H groups in total. The molecule has 1 aliphatic heterocycles. The third kappa shape index (κ3) is 3.77. The molecule has 3 unspecified atom stereocenters. The summed E-state index contributed by atoms with van der Waals surface area (Å²) >= 11 is 5.39. The number of likely N-dealkylation sites (N-methyl/N-ethyl adjacent to an activating group) is 1. The molecular formula is C18H25BrN2OS. The molecule has 1 saturated heterocycles. The maximum absolute atomic E-state index is 12.9. The zero-order chi connectivity index (χ0) is 16.4. The Bertz CT molecular complexity index is 544. The van der Waals surface area contributed by atoms with Gasteiger partial charge in [0, 0.05) is 34.4 Å². The van der Waals surface area contributed by atoms with Crippen LogP contribution in [0.3, 0.4) is 0 Å². The molecule has 2 fully saturated rings. The number of rotatable bonds is 4. The van der Waals surface area contributed by atoms with Gasteiger partial charge >= 0.3 is 0 Å². The van der Waals surface area contributed by atoms with Crippen LogP contribution in [0.4, 0.5) is 0 Å². The highest BCUT2D eigenvalue weighted by molar-refractivity contribution is 9.10. The summed E-state index contributed by atoms with van der Waals surface area (Å²) in [6.07, 6.45) is 7.13. The number of amides is 1. The normalized spacial score (nSPS) is 28.2. The van der Waals surface area contributed by atoms with Crippen molar-refractivity contribution in [3.8, 4) is 0 Å². The second kappa shape index (κ2) is 7.58. The molecule has 3 rings (SSSR count). The van der Waals surface area contributed by atoms with Crippen molar-refractivity contribution in [1.82, 2.24) is 9.80 Å². The molecule has 126 valence electrons. The van der Waals surface area contributed by atoms with E-state index in [1.165, 1.54) is 32.4 Å². The molecule has 0 spiro atoms. The van der Waals surface area contributed by atoms with Crippen LogP contribution < -0.4 is 0 Å². The maximum atomic E-state index is 12.9. The molecule has 2 aliphatic rings. The fraction of sp³-hybridized carbons (Fsp3) is 0.611. The van der Waals surface area contributed by atoms with Crippen LogP contribution >= 0.6 is 27.7 Å². The first-order valence-electron chi connectivity index (χ1n) is 8.39.